The van der Waals surface area contributed by atoms with E-state index in [0.717, 1.165) is 116 Å². The van der Waals surface area contributed by atoms with Crippen LogP contribution in [0.1, 0.15) is 103 Å². The van der Waals surface area contributed by atoms with Crippen molar-refractivity contribution in [3.05, 3.63) is 141 Å². The van der Waals surface area contributed by atoms with Gasteiger partial charge in [-0.3, -0.25) is 48.8 Å². The van der Waals surface area contributed by atoms with Crippen LogP contribution in [0.25, 0.3) is 44.7 Å². The fourth-order valence-corrected chi connectivity index (χ4v) is 11.2. The number of allylic oxidation sites excluding steroid dienone is 3. The standard InChI is InChI=1S/C55H57N9O4/c1-34-26-48-46(45(16-21-56-48)40-10-12-47-42(27-40)32-58-60-47)29-43(34)33-62-22-19-37(20-23-62)36-6-8-38(9-7-36)54(67)63-24-17-35(18-25-63)4-3-5-44-28-41(31-57-44)39-11-13-49-51(30-39)61(2)55(68)64(49)50-14-15-52(65)59-53(50)66/h5-13,16,21,27-32,34-35,37,50H,3-4,14-15,17-20,22-26,33H2,1-2H3,(H,58,60)(H,59,65,66)/t34-,50?/m0/s1. The van der Waals surface area contributed by atoms with Crippen molar-refractivity contribution in [2.75, 3.05) is 32.7 Å². The lowest BCUT2D eigenvalue weighted by atomic mass is 9.83. The maximum absolute atomic E-state index is 13.6. The third-order valence-electron chi connectivity index (χ3n) is 15.3. The minimum absolute atomic E-state index is 0.132. The van der Waals surface area contributed by atoms with Crippen LogP contribution in [0.15, 0.2) is 112 Å². The molecule has 3 aromatic heterocycles. The Kier molecular flexibility index (Phi) is 11.7. The van der Waals surface area contributed by atoms with Crippen molar-refractivity contribution in [3.63, 3.8) is 0 Å². The van der Waals surface area contributed by atoms with Crippen molar-refractivity contribution in [2.24, 2.45) is 23.9 Å². The summed E-state index contributed by atoms with van der Waals surface area (Å²) in [5, 5.41) is 10.8. The van der Waals surface area contributed by atoms with Crippen molar-refractivity contribution in [3.8, 4) is 11.1 Å². The Hall–Kier alpha value is -6.99. The van der Waals surface area contributed by atoms with Crippen molar-refractivity contribution in [1.82, 2.24) is 39.4 Å². The number of aromatic nitrogens is 5. The number of amides is 3. The summed E-state index contributed by atoms with van der Waals surface area (Å²) >= 11 is 0. The molecule has 6 aromatic rings. The highest BCUT2D eigenvalue weighted by molar-refractivity contribution is 6.14. The number of aryl methyl sites for hydroxylation is 1. The average Bonchev–Trinajstić information content (AvgIpc) is 4.10. The van der Waals surface area contributed by atoms with Gasteiger partial charge in [0.05, 0.1) is 28.4 Å². The zero-order valence-electron chi connectivity index (χ0n) is 38.8. The van der Waals surface area contributed by atoms with E-state index in [2.05, 4.69) is 87.0 Å². The molecule has 2 atom stereocenters. The number of nitrogens with zero attached hydrogens (tertiary/aromatic N) is 7. The van der Waals surface area contributed by atoms with Gasteiger partial charge >= 0.3 is 5.69 Å². The third-order valence-corrected chi connectivity index (χ3v) is 15.3. The van der Waals surface area contributed by atoms with Crippen LogP contribution in [0.2, 0.25) is 0 Å². The number of carbonyl (C=O) groups excluding carboxylic acids is 3. The molecule has 11 rings (SSSR count). The van der Waals surface area contributed by atoms with Gasteiger partial charge in [-0.15, -0.1) is 0 Å². The van der Waals surface area contributed by atoms with Crippen molar-refractivity contribution in [1.29, 1.82) is 0 Å². The summed E-state index contributed by atoms with van der Waals surface area (Å²) in [6.07, 6.45) is 20.0. The molecule has 346 valence electrons. The second-order valence-electron chi connectivity index (χ2n) is 19.6. The molecule has 2 N–H and O–H groups in total. The topological polar surface area (TPSA) is 151 Å². The Morgan fingerprint density at radius 1 is 0.868 bits per heavy atom. The number of rotatable bonds is 10. The number of aromatic amines is 1. The summed E-state index contributed by atoms with van der Waals surface area (Å²) in [7, 11) is 1.70. The van der Waals surface area contributed by atoms with Crippen molar-refractivity contribution < 1.29 is 14.4 Å². The second kappa shape index (κ2) is 18.2. The van der Waals surface area contributed by atoms with Gasteiger partial charge in [0, 0.05) is 73.3 Å². The molecule has 68 heavy (non-hydrogen) atoms. The largest absolute Gasteiger partial charge is 0.339 e. The number of imidazole rings is 1. The lowest BCUT2D eigenvalue weighted by Crippen LogP contribution is -2.44. The first-order chi connectivity index (χ1) is 33.1. The minimum atomic E-state index is -0.715. The summed E-state index contributed by atoms with van der Waals surface area (Å²) in [6.45, 7) is 6.99. The number of imide groups is 1. The van der Waals surface area contributed by atoms with E-state index >= 15 is 0 Å². The van der Waals surface area contributed by atoms with Gasteiger partial charge in [0.2, 0.25) is 11.8 Å². The molecule has 0 saturated carbocycles. The molecule has 3 amide bonds. The van der Waals surface area contributed by atoms with Crippen LogP contribution < -0.4 is 11.0 Å². The van der Waals surface area contributed by atoms with E-state index in [1.165, 1.54) is 38.1 Å². The smallest absolute Gasteiger partial charge is 0.329 e. The summed E-state index contributed by atoms with van der Waals surface area (Å²) in [5.41, 5.74) is 13.4. The number of hydrogen-bond acceptors (Lipinski definition) is 8. The predicted octanol–water partition coefficient (Wildman–Crippen LogP) is 8.40. The Bertz CT molecular complexity index is 3150. The van der Waals surface area contributed by atoms with E-state index < -0.39 is 11.9 Å². The number of nitrogens with one attached hydrogen (secondary N) is 2. The number of hydrogen-bond donors (Lipinski definition) is 2. The molecule has 3 saturated heterocycles. The van der Waals surface area contributed by atoms with Gasteiger partial charge in [0.15, 0.2) is 0 Å². The molecule has 3 fully saturated rings. The molecule has 13 heteroatoms. The summed E-state index contributed by atoms with van der Waals surface area (Å²) in [5.74, 6) is 0.887. The van der Waals surface area contributed by atoms with E-state index in [-0.39, 0.29) is 23.9 Å². The minimum Gasteiger partial charge on any atom is -0.339 e. The van der Waals surface area contributed by atoms with E-state index in [4.69, 9.17) is 4.98 Å². The molecule has 1 unspecified atom stereocenters. The highest BCUT2D eigenvalue weighted by Gasteiger charge is 2.32. The number of aliphatic imine (C=N–C) groups is 1. The van der Waals surface area contributed by atoms with E-state index in [9.17, 15) is 19.2 Å². The van der Waals surface area contributed by atoms with Crippen LogP contribution in [-0.2, 0) is 23.1 Å². The summed E-state index contributed by atoms with van der Waals surface area (Å²) < 4.78 is 3.06. The van der Waals surface area contributed by atoms with Gasteiger partial charge in [0.1, 0.15) is 6.04 Å². The van der Waals surface area contributed by atoms with Crippen LogP contribution in [-0.4, -0.2) is 90.8 Å². The Morgan fingerprint density at radius 3 is 2.49 bits per heavy atom. The van der Waals surface area contributed by atoms with Crippen LogP contribution in [0.4, 0.5) is 0 Å². The van der Waals surface area contributed by atoms with Gasteiger partial charge in [-0.25, -0.2) is 4.79 Å². The molecular formula is C55H57N9O4. The summed E-state index contributed by atoms with van der Waals surface area (Å²) in [6, 6.07) is 22.2. The van der Waals surface area contributed by atoms with Gasteiger partial charge in [-0.05, 0) is 153 Å². The fourth-order valence-electron chi connectivity index (χ4n) is 11.2. The van der Waals surface area contributed by atoms with Gasteiger partial charge in [0.25, 0.3) is 5.91 Å². The van der Waals surface area contributed by atoms with Crippen LogP contribution >= 0.6 is 0 Å². The molecule has 0 spiro atoms. The first kappa shape index (κ1) is 43.6. The third kappa shape index (κ3) is 8.48. The number of carbonyl (C=O) groups is 3. The molecule has 5 aliphatic rings. The van der Waals surface area contributed by atoms with E-state index in [0.29, 0.717) is 29.7 Å². The number of piperidine rings is 3. The molecule has 4 aliphatic heterocycles. The number of pyridine rings is 1. The lowest BCUT2D eigenvalue weighted by Gasteiger charge is -2.35. The average molecular weight is 908 g/mol. The SMILES string of the molecule is C[C@H]1Cc2nccc(-c3ccc4[nH]ncc4c3)c2C=C1CN1CCC(c2ccc(C(=O)N3CCC(CCC=C4C=C(c5ccc6c(c5)n(C)c(=O)n6C5CCC(=O)NC5=O)C=N4)CC3)cc2)CC1. The predicted molar refractivity (Wildman–Crippen MR) is 266 cm³/mol. The number of H-pyrrole nitrogens is 1. The van der Waals surface area contributed by atoms with Gasteiger partial charge in [-0.2, -0.15) is 5.10 Å². The first-order valence-corrected chi connectivity index (χ1v) is 24.4. The Labute approximate surface area is 395 Å². The van der Waals surface area contributed by atoms with Crippen LogP contribution in [0, 0.1) is 11.8 Å². The first-order valence-electron chi connectivity index (χ1n) is 24.4. The van der Waals surface area contributed by atoms with E-state index in [1.54, 1.807) is 11.6 Å². The lowest BCUT2D eigenvalue weighted by molar-refractivity contribution is -0.135. The Morgan fingerprint density at radius 2 is 1.68 bits per heavy atom. The maximum atomic E-state index is 13.6. The molecule has 0 radical (unpaired) electrons. The monoisotopic (exact) mass is 907 g/mol. The molecule has 3 aromatic carbocycles. The highest BCUT2D eigenvalue weighted by atomic mass is 16.2. The van der Waals surface area contributed by atoms with Gasteiger partial charge < -0.3 is 4.90 Å². The van der Waals surface area contributed by atoms with Crippen molar-refractivity contribution >= 4 is 57.5 Å². The normalized spacial score (nSPS) is 21.1. The van der Waals surface area contributed by atoms with Crippen molar-refractivity contribution in [2.45, 2.75) is 76.7 Å². The summed E-state index contributed by atoms with van der Waals surface area (Å²) in [4.78, 5) is 65.3. The second-order valence-corrected chi connectivity index (χ2v) is 19.6. The zero-order valence-corrected chi connectivity index (χ0v) is 38.8. The maximum Gasteiger partial charge on any atom is 0.329 e. The van der Waals surface area contributed by atoms with Gasteiger partial charge in [-0.1, -0.05) is 48.9 Å². The fraction of sp³-hybridized carbons (Fsp3) is 0.364. The molecule has 13 nitrogen and oxygen atoms in total. The molecule has 0 bridgehead atoms. The van der Waals surface area contributed by atoms with Crippen LogP contribution in [0.3, 0.4) is 0 Å². The zero-order chi connectivity index (χ0) is 46.5. The highest BCUT2D eigenvalue weighted by Crippen LogP contribution is 2.37. The Balaban J connectivity index is 0.644. The number of fused-ring (bicyclic) bond motifs is 3. The molecular weight excluding hydrogens is 851 g/mol. The molecule has 1 aliphatic carbocycles. The molecule has 7 heterocycles. The number of benzene rings is 3. The number of likely N-dealkylation sites (tertiary alicyclic amines) is 2. The quantitative estimate of drug-likeness (QED) is 0.131. The van der Waals surface area contributed by atoms with Crippen LogP contribution in [0.5, 0.6) is 0 Å². The van der Waals surface area contributed by atoms with E-state index in [1.807, 2.05) is 53.8 Å².